The molecule has 1 nitrogen and oxygen atoms in total. The first-order valence-electron chi connectivity index (χ1n) is 8.52. The van der Waals surface area contributed by atoms with E-state index in [1.165, 1.54) is 0 Å². The van der Waals surface area contributed by atoms with Gasteiger partial charge in [-0.05, 0) is 66.3 Å². The van der Waals surface area contributed by atoms with Crippen LogP contribution in [0.2, 0.25) is 0 Å². The number of carbonyl (C=O) groups excluding carboxylic acids is 1. The molecule has 25 heavy (non-hydrogen) atoms. The van der Waals surface area contributed by atoms with Crippen LogP contribution in [0.4, 0.5) is 0 Å². The minimum Gasteiger partial charge on any atom is -0.289 e. The molecule has 1 aliphatic carbocycles. The van der Waals surface area contributed by atoms with E-state index in [9.17, 15) is 4.79 Å². The lowest BCUT2D eigenvalue weighted by atomic mass is 9.79. The van der Waals surface area contributed by atoms with Gasteiger partial charge in [-0.25, -0.2) is 0 Å². The quantitative estimate of drug-likeness (QED) is 0.448. The van der Waals surface area contributed by atoms with Gasteiger partial charge in [0, 0.05) is 20.1 Å². The standard InChI is InChI=1S/C22H20Br2O/c1-2-15-11-18(13-16-3-7-20(23)8-4-16)22(25)19(12-15)14-17-5-9-21(24)10-6-17/h3-10,13-15H,2,11-12H2,1H3/b18-13-,19-14+. The highest BCUT2D eigenvalue weighted by molar-refractivity contribution is 9.10. The number of allylic oxidation sites excluding steroid dienone is 2. The van der Waals surface area contributed by atoms with E-state index in [0.717, 1.165) is 50.5 Å². The number of Topliss-reactive ketones (excluding diaryl/α,β-unsaturated/α-hetero) is 1. The van der Waals surface area contributed by atoms with Crippen molar-refractivity contribution in [1.29, 1.82) is 0 Å². The van der Waals surface area contributed by atoms with Crippen molar-refractivity contribution in [1.82, 2.24) is 0 Å². The third-order valence-electron chi connectivity index (χ3n) is 4.60. The molecule has 1 aliphatic rings. The molecular weight excluding hydrogens is 440 g/mol. The average molecular weight is 460 g/mol. The molecule has 3 rings (SSSR count). The number of carbonyl (C=O) groups is 1. The zero-order valence-electron chi connectivity index (χ0n) is 14.1. The summed E-state index contributed by atoms with van der Waals surface area (Å²) >= 11 is 6.91. The van der Waals surface area contributed by atoms with Gasteiger partial charge in [0.15, 0.2) is 5.78 Å². The maximum Gasteiger partial charge on any atom is 0.185 e. The zero-order valence-corrected chi connectivity index (χ0v) is 17.3. The van der Waals surface area contributed by atoms with Crippen molar-refractivity contribution >= 4 is 49.8 Å². The molecule has 1 saturated carbocycles. The van der Waals surface area contributed by atoms with Crippen LogP contribution in [0.1, 0.15) is 37.3 Å². The fourth-order valence-electron chi connectivity index (χ4n) is 3.14. The molecule has 2 aromatic rings. The van der Waals surface area contributed by atoms with Crippen LogP contribution in [0.5, 0.6) is 0 Å². The van der Waals surface area contributed by atoms with Crippen LogP contribution in [0, 0.1) is 5.92 Å². The Labute approximate surface area is 166 Å². The van der Waals surface area contributed by atoms with Crippen molar-refractivity contribution in [2.24, 2.45) is 5.92 Å². The predicted octanol–water partition coefficient (Wildman–Crippen LogP) is 7.07. The van der Waals surface area contributed by atoms with Gasteiger partial charge in [-0.1, -0.05) is 69.5 Å². The minimum absolute atomic E-state index is 0.190. The smallest absolute Gasteiger partial charge is 0.185 e. The molecular formula is C22H20Br2O. The minimum atomic E-state index is 0.190. The summed E-state index contributed by atoms with van der Waals surface area (Å²) in [5.41, 5.74) is 3.99. The SMILES string of the molecule is CCC1C/C(=C/c2ccc(Br)cc2)C(=O)/C(=C/c2ccc(Br)cc2)C1. The molecule has 0 bridgehead atoms. The molecule has 0 N–H and O–H groups in total. The van der Waals surface area contributed by atoms with E-state index in [2.05, 4.69) is 38.8 Å². The molecule has 3 heteroatoms. The first-order valence-corrected chi connectivity index (χ1v) is 10.1. The number of rotatable bonds is 3. The molecule has 1 atom stereocenters. The predicted molar refractivity (Wildman–Crippen MR) is 112 cm³/mol. The van der Waals surface area contributed by atoms with Gasteiger partial charge in [-0.2, -0.15) is 0 Å². The van der Waals surface area contributed by atoms with Gasteiger partial charge in [0.1, 0.15) is 0 Å². The van der Waals surface area contributed by atoms with Crippen LogP contribution in [-0.4, -0.2) is 5.78 Å². The first-order chi connectivity index (χ1) is 12.0. The van der Waals surface area contributed by atoms with Gasteiger partial charge in [0.2, 0.25) is 0 Å². The molecule has 0 aliphatic heterocycles. The lowest BCUT2D eigenvalue weighted by Gasteiger charge is -2.24. The second-order valence-electron chi connectivity index (χ2n) is 6.45. The largest absolute Gasteiger partial charge is 0.289 e. The summed E-state index contributed by atoms with van der Waals surface area (Å²) in [5, 5.41) is 0. The maximum absolute atomic E-state index is 13.0. The van der Waals surface area contributed by atoms with Crippen LogP contribution in [0.15, 0.2) is 68.6 Å². The molecule has 0 spiro atoms. The highest BCUT2D eigenvalue weighted by Gasteiger charge is 2.26. The number of hydrogen-bond acceptors (Lipinski definition) is 1. The summed E-state index contributed by atoms with van der Waals surface area (Å²) in [6.45, 7) is 2.20. The molecule has 0 radical (unpaired) electrons. The van der Waals surface area contributed by atoms with Crippen LogP contribution in [0.25, 0.3) is 12.2 Å². The molecule has 1 unspecified atom stereocenters. The highest BCUT2D eigenvalue weighted by atomic mass is 79.9. The number of halogens is 2. The van der Waals surface area contributed by atoms with Crippen molar-refractivity contribution in [2.75, 3.05) is 0 Å². The molecule has 128 valence electrons. The summed E-state index contributed by atoms with van der Waals surface area (Å²) < 4.78 is 2.10. The Balaban J connectivity index is 1.93. The van der Waals surface area contributed by atoms with Gasteiger partial charge in [0.05, 0.1) is 0 Å². The fraction of sp³-hybridized carbons (Fsp3) is 0.227. The number of ketones is 1. The highest BCUT2D eigenvalue weighted by Crippen LogP contribution is 2.34. The van der Waals surface area contributed by atoms with Gasteiger partial charge in [0.25, 0.3) is 0 Å². The zero-order chi connectivity index (χ0) is 17.8. The van der Waals surface area contributed by atoms with Crippen LogP contribution in [0.3, 0.4) is 0 Å². The third kappa shape index (κ3) is 4.80. The summed E-state index contributed by atoms with van der Waals surface area (Å²) in [4.78, 5) is 13.0. The Morgan fingerprint density at radius 2 is 1.24 bits per heavy atom. The van der Waals surface area contributed by atoms with Crippen LogP contribution in [-0.2, 0) is 4.79 Å². The summed E-state index contributed by atoms with van der Waals surface area (Å²) in [6.07, 6.45) is 6.91. The van der Waals surface area contributed by atoms with Crippen molar-refractivity contribution < 1.29 is 4.79 Å². The van der Waals surface area contributed by atoms with Crippen molar-refractivity contribution in [2.45, 2.75) is 26.2 Å². The van der Waals surface area contributed by atoms with E-state index in [-0.39, 0.29) is 5.78 Å². The summed E-state index contributed by atoms with van der Waals surface area (Å²) in [7, 11) is 0. The van der Waals surface area contributed by atoms with Crippen molar-refractivity contribution in [3.05, 3.63) is 79.7 Å². The number of hydrogen-bond donors (Lipinski definition) is 0. The van der Waals surface area contributed by atoms with E-state index in [0.29, 0.717) is 5.92 Å². The van der Waals surface area contributed by atoms with Crippen LogP contribution >= 0.6 is 31.9 Å². The Bertz CT molecular complexity index is 747. The second-order valence-corrected chi connectivity index (χ2v) is 8.29. The Kier molecular flexibility index (Phi) is 6.08. The Hall–Kier alpha value is -1.45. The second kappa shape index (κ2) is 8.29. The van der Waals surface area contributed by atoms with E-state index < -0.39 is 0 Å². The summed E-state index contributed by atoms with van der Waals surface area (Å²) in [6, 6.07) is 16.2. The molecule has 0 saturated heterocycles. The lowest BCUT2D eigenvalue weighted by molar-refractivity contribution is -0.113. The van der Waals surface area contributed by atoms with Crippen molar-refractivity contribution in [3.8, 4) is 0 Å². The third-order valence-corrected chi connectivity index (χ3v) is 5.66. The van der Waals surface area contributed by atoms with E-state index >= 15 is 0 Å². The van der Waals surface area contributed by atoms with Gasteiger partial charge in [-0.15, -0.1) is 0 Å². The molecule has 0 amide bonds. The average Bonchev–Trinajstić information content (AvgIpc) is 2.62. The summed E-state index contributed by atoms with van der Waals surface area (Å²) in [5.74, 6) is 0.719. The molecule has 0 aromatic heterocycles. The molecule has 2 aromatic carbocycles. The molecule has 0 heterocycles. The normalized spacial score (nSPS) is 21.1. The Morgan fingerprint density at radius 3 is 1.60 bits per heavy atom. The van der Waals surface area contributed by atoms with Gasteiger partial charge in [-0.3, -0.25) is 4.79 Å². The van der Waals surface area contributed by atoms with E-state index in [1.54, 1.807) is 0 Å². The van der Waals surface area contributed by atoms with Gasteiger partial charge >= 0.3 is 0 Å². The van der Waals surface area contributed by atoms with Gasteiger partial charge < -0.3 is 0 Å². The van der Waals surface area contributed by atoms with E-state index in [1.807, 2.05) is 60.7 Å². The van der Waals surface area contributed by atoms with Crippen molar-refractivity contribution in [3.63, 3.8) is 0 Å². The number of benzene rings is 2. The van der Waals surface area contributed by atoms with E-state index in [4.69, 9.17) is 0 Å². The maximum atomic E-state index is 13.0. The lowest BCUT2D eigenvalue weighted by Crippen LogP contribution is -2.19. The van der Waals surface area contributed by atoms with Crippen LogP contribution < -0.4 is 0 Å². The topological polar surface area (TPSA) is 17.1 Å². The first kappa shape index (κ1) is 18.3. The monoisotopic (exact) mass is 458 g/mol. The fourth-order valence-corrected chi connectivity index (χ4v) is 3.67. The Morgan fingerprint density at radius 1 is 0.840 bits per heavy atom. The molecule has 1 fully saturated rings.